The number of halogens is 1. The van der Waals surface area contributed by atoms with Crippen molar-refractivity contribution in [3.05, 3.63) is 0 Å². The molecule has 2 aliphatic carbocycles. The maximum absolute atomic E-state index is 2.67. The fourth-order valence-electron chi connectivity index (χ4n) is 2.12. The Kier molecular flexibility index (Phi) is 1.11. The van der Waals surface area contributed by atoms with E-state index in [0.717, 1.165) is 9.34 Å². The molecule has 0 unspecified atom stereocenters. The van der Waals surface area contributed by atoms with Gasteiger partial charge >= 0.3 is 0 Å². The van der Waals surface area contributed by atoms with Crippen LogP contribution in [0.2, 0.25) is 0 Å². The van der Waals surface area contributed by atoms with E-state index in [1.165, 1.54) is 32.1 Å². The molecule has 2 aliphatic rings. The van der Waals surface area contributed by atoms with Gasteiger partial charge in [-0.15, -0.1) is 0 Å². The highest BCUT2D eigenvalue weighted by molar-refractivity contribution is 14.1. The second-order valence-electron chi connectivity index (χ2n) is 3.30. The second-order valence-corrected chi connectivity index (χ2v) is 5.59. The molecule has 0 aromatic heterocycles. The molecule has 2 rings (SSSR count). The van der Waals surface area contributed by atoms with Gasteiger partial charge in [0.2, 0.25) is 0 Å². The zero-order valence-electron chi connectivity index (χ0n) is 4.99. The van der Waals surface area contributed by atoms with E-state index in [2.05, 4.69) is 22.6 Å². The molecule has 0 amide bonds. The number of rotatable bonds is 0. The van der Waals surface area contributed by atoms with Gasteiger partial charge in [-0.1, -0.05) is 22.6 Å². The summed E-state index contributed by atoms with van der Waals surface area (Å²) in [5, 5.41) is 0. The summed E-state index contributed by atoms with van der Waals surface area (Å²) in [6.45, 7) is 0. The minimum atomic E-state index is 0.780. The van der Waals surface area contributed by atoms with E-state index in [1.54, 1.807) is 0 Å². The number of fused-ring (bicyclic) bond motifs is 2. The lowest BCUT2D eigenvalue weighted by atomic mass is 10.0. The molecule has 2 fully saturated rings. The van der Waals surface area contributed by atoms with Crippen molar-refractivity contribution in [3.63, 3.8) is 0 Å². The standard InChI is InChI=1S/C7H11I/c8-7-3-1-6(5-7)2-4-7/h6H,1-5H2. The molecule has 0 aromatic carbocycles. The maximum atomic E-state index is 2.67. The third-order valence-electron chi connectivity index (χ3n) is 2.66. The number of hydrogen-bond donors (Lipinski definition) is 0. The molecule has 0 aromatic rings. The first-order valence-corrected chi connectivity index (χ1v) is 4.55. The summed E-state index contributed by atoms with van der Waals surface area (Å²) in [5.41, 5.74) is 0. The van der Waals surface area contributed by atoms with Crippen LogP contribution in [-0.4, -0.2) is 3.42 Å². The zero-order chi connectivity index (χ0) is 5.61. The van der Waals surface area contributed by atoms with Gasteiger partial charge in [-0.3, -0.25) is 0 Å². The van der Waals surface area contributed by atoms with Gasteiger partial charge in [0.1, 0.15) is 0 Å². The van der Waals surface area contributed by atoms with E-state index in [1.807, 2.05) is 0 Å². The highest BCUT2D eigenvalue weighted by Crippen LogP contribution is 2.53. The minimum absolute atomic E-state index is 0.780. The smallest absolute Gasteiger partial charge is 0.0225 e. The largest absolute Gasteiger partial charge is 0.0789 e. The lowest BCUT2D eigenvalue weighted by Crippen LogP contribution is -2.10. The Bertz CT molecular complexity index is 101. The van der Waals surface area contributed by atoms with Crippen LogP contribution < -0.4 is 0 Å². The third-order valence-corrected chi connectivity index (χ3v) is 4.17. The quantitative estimate of drug-likeness (QED) is 0.436. The molecule has 0 radical (unpaired) electrons. The highest BCUT2D eigenvalue weighted by atomic mass is 127. The van der Waals surface area contributed by atoms with Crippen LogP contribution in [0, 0.1) is 5.92 Å². The molecular weight excluding hydrogens is 211 g/mol. The summed E-state index contributed by atoms with van der Waals surface area (Å²) in [7, 11) is 0. The molecule has 1 heteroatoms. The zero-order valence-corrected chi connectivity index (χ0v) is 7.15. The molecule has 46 valence electrons. The molecule has 0 atom stereocenters. The Morgan fingerprint density at radius 3 is 2.00 bits per heavy atom. The molecule has 0 N–H and O–H groups in total. The summed E-state index contributed by atoms with van der Waals surface area (Å²) in [6, 6.07) is 0. The monoisotopic (exact) mass is 222 g/mol. The van der Waals surface area contributed by atoms with E-state index in [-0.39, 0.29) is 0 Å². The van der Waals surface area contributed by atoms with Crippen molar-refractivity contribution in [1.29, 1.82) is 0 Å². The van der Waals surface area contributed by atoms with Gasteiger partial charge in [-0.05, 0) is 38.0 Å². The molecule has 0 nitrogen and oxygen atoms in total. The Morgan fingerprint density at radius 2 is 1.88 bits per heavy atom. The Morgan fingerprint density at radius 1 is 1.25 bits per heavy atom. The summed E-state index contributed by atoms with van der Waals surface area (Å²) >= 11 is 2.67. The van der Waals surface area contributed by atoms with E-state index in [9.17, 15) is 0 Å². The third kappa shape index (κ3) is 0.703. The average Bonchev–Trinajstić information content (AvgIpc) is 2.21. The average molecular weight is 222 g/mol. The van der Waals surface area contributed by atoms with E-state index in [4.69, 9.17) is 0 Å². The summed E-state index contributed by atoms with van der Waals surface area (Å²) < 4.78 is 0.780. The number of alkyl halides is 1. The Hall–Kier alpha value is 0.730. The Balaban J connectivity index is 2.19. The van der Waals surface area contributed by atoms with Gasteiger partial charge in [-0.2, -0.15) is 0 Å². The summed E-state index contributed by atoms with van der Waals surface area (Å²) in [5.74, 6) is 1.13. The second kappa shape index (κ2) is 1.61. The molecule has 0 aliphatic heterocycles. The molecule has 2 saturated carbocycles. The van der Waals surface area contributed by atoms with Crippen molar-refractivity contribution in [2.45, 2.75) is 35.5 Å². The van der Waals surface area contributed by atoms with Crippen molar-refractivity contribution < 1.29 is 0 Å². The predicted molar refractivity (Wildman–Crippen MR) is 43.3 cm³/mol. The molecule has 2 bridgehead atoms. The van der Waals surface area contributed by atoms with Crippen LogP contribution in [0.25, 0.3) is 0 Å². The van der Waals surface area contributed by atoms with Crippen LogP contribution in [0.5, 0.6) is 0 Å². The first-order chi connectivity index (χ1) is 3.79. The van der Waals surface area contributed by atoms with Crippen molar-refractivity contribution in [2.24, 2.45) is 5.92 Å². The van der Waals surface area contributed by atoms with Crippen molar-refractivity contribution in [2.75, 3.05) is 0 Å². The summed E-state index contributed by atoms with van der Waals surface area (Å²) in [6.07, 6.45) is 7.62. The van der Waals surface area contributed by atoms with Crippen molar-refractivity contribution in [1.82, 2.24) is 0 Å². The van der Waals surface area contributed by atoms with E-state index < -0.39 is 0 Å². The first-order valence-electron chi connectivity index (χ1n) is 3.47. The minimum Gasteiger partial charge on any atom is -0.0789 e. The Labute approximate surface area is 64.2 Å². The molecular formula is C7H11I. The van der Waals surface area contributed by atoms with E-state index in [0.29, 0.717) is 0 Å². The maximum Gasteiger partial charge on any atom is 0.0225 e. The lowest BCUT2D eigenvalue weighted by molar-refractivity contribution is 0.507. The van der Waals surface area contributed by atoms with Gasteiger partial charge < -0.3 is 0 Å². The van der Waals surface area contributed by atoms with Crippen molar-refractivity contribution in [3.8, 4) is 0 Å². The van der Waals surface area contributed by atoms with Gasteiger partial charge in [0.05, 0.1) is 0 Å². The van der Waals surface area contributed by atoms with Gasteiger partial charge in [0.25, 0.3) is 0 Å². The fourth-order valence-corrected chi connectivity index (χ4v) is 3.37. The van der Waals surface area contributed by atoms with Gasteiger partial charge in [-0.25, -0.2) is 0 Å². The van der Waals surface area contributed by atoms with Crippen LogP contribution in [0.4, 0.5) is 0 Å². The van der Waals surface area contributed by atoms with Crippen LogP contribution >= 0.6 is 22.6 Å². The van der Waals surface area contributed by atoms with Crippen LogP contribution in [0.3, 0.4) is 0 Å². The van der Waals surface area contributed by atoms with Crippen LogP contribution in [0.15, 0.2) is 0 Å². The normalized spacial score (nSPS) is 52.9. The van der Waals surface area contributed by atoms with Gasteiger partial charge in [0, 0.05) is 3.42 Å². The molecule has 0 heterocycles. The fraction of sp³-hybridized carbons (Fsp3) is 1.00. The summed E-state index contributed by atoms with van der Waals surface area (Å²) in [4.78, 5) is 0. The van der Waals surface area contributed by atoms with Crippen molar-refractivity contribution >= 4 is 22.6 Å². The lowest BCUT2D eigenvalue weighted by Gasteiger charge is -2.16. The van der Waals surface area contributed by atoms with Crippen LogP contribution in [0.1, 0.15) is 32.1 Å². The highest BCUT2D eigenvalue weighted by Gasteiger charge is 2.42. The first kappa shape index (κ1) is 5.51. The van der Waals surface area contributed by atoms with E-state index >= 15 is 0 Å². The van der Waals surface area contributed by atoms with Crippen LogP contribution in [-0.2, 0) is 0 Å². The molecule has 0 saturated heterocycles. The topological polar surface area (TPSA) is 0 Å². The van der Waals surface area contributed by atoms with Gasteiger partial charge in [0.15, 0.2) is 0 Å². The molecule has 0 spiro atoms. The number of hydrogen-bond acceptors (Lipinski definition) is 0. The predicted octanol–water partition coefficient (Wildman–Crippen LogP) is 2.75. The SMILES string of the molecule is IC12CCC(CC1)C2. The molecule has 8 heavy (non-hydrogen) atoms.